The van der Waals surface area contributed by atoms with E-state index in [1.807, 2.05) is 57.2 Å². The summed E-state index contributed by atoms with van der Waals surface area (Å²) in [6.07, 6.45) is 0. The molecule has 0 heterocycles. The van der Waals surface area contributed by atoms with Crippen molar-refractivity contribution in [2.45, 2.75) is 26.3 Å². The second kappa shape index (κ2) is 12.0. The maximum atomic E-state index is 12.7. The maximum absolute atomic E-state index is 12.7. The average molecular weight is 469 g/mol. The third-order valence-corrected chi connectivity index (χ3v) is 4.67. The second-order valence-electron chi connectivity index (χ2n) is 7.97. The monoisotopic (exact) mass is 468 g/mol. The summed E-state index contributed by atoms with van der Waals surface area (Å²) in [5, 5.41) is 3.11. The van der Waals surface area contributed by atoms with Gasteiger partial charge in [0.25, 0.3) is 11.8 Å². The molecule has 0 aliphatic carbocycles. The van der Waals surface area contributed by atoms with E-state index in [-0.39, 0.29) is 11.8 Å². The first kappa shape index (κ1) is 25.9. The Bertz CT molecular complexity index is 1020. The summed E-state index contributed by atoms with van der Waals surface area (Å²) in [5.74, 6) is 4.78. The number of anilines is 1. The summed E-state index contributed by atoms with van der Waals surface area (Å²) in [5.41, 5.74) is 3.90. The molecule has 0 saturated carbocycles. The minimum Gasteiger partial charge on any atom is -0.267 e. The lowest BCUT2D eigenvalue weighted by molar-refractivity contribution is 0.0358. The molecule has 8 heteroatoms. The van der Waals surface area contributed by atoms with Gasteiger partial charge in [0.2, 0.25) is 0 Å². The number of nitrogens with zero attached hydrogens (tertiary/aromatic N) is 2. The smallest absolute Gasteiger partial charge is 0.267 e. The number of benzene rings is 3. The van der Waals surface area contributed by atoms with Gasteiger partial charge < -0.3 is 0 Å². The minimum absolute atomic E-state index is 0.264. The fourth-order valence-electron chi connectivity index (χ4n) is 2.68. The zero-order chi connectivity index (χ0) is 24.4. The summed E-state index contributed by atoms with van der Waals surface area (Å²) in [4.78, 5) is 29.9. The van der Waals surface area contributed by atoms with Crippen LogP contribution in [0.1, 0.15) is 41.5 Å². The van der Waals surface area contributed by atoms with Gasteiger partial charge in [0.15, 0.2) is 0 Å². The van der Waals surface area contributed by atoms with Gasteiger partial charge in [-0.25, -0.2) is 10.9 Å². The maximum Gasteiger partial charge on any atom is 0.272 e. The van der Waals surface area contributed by atoms with Crippen molar-refractivity contribution in [1.82, 2.24) is 10.4 Å². The molecule has 0 bridgehead atoms. The molecular weight excluding hydrogens is 440 g/mol. The van der Waals surface area contributed by atoms with Crippen LogP contribution in [0.4, 0.5) is 5.69 Å². The number of rotatable bonds is 4. The van der Waals surface area contributed by atoms with Crippen molar-refractivity contribution in [2.24, 2.45) is 5.84 Å². The number of hydrogen-bond donors (Lipinski definition) is 2. The number of carbonyl (C=O) groups is 2. The Kier molecular flexibility index (Phi) is 9.42. The van der Waals surface area contributed by atoms with Crippen LogP contribution >= 0.6 is 11.6 Å². The number of para-hydroxylation sites is 1. The first-order valence-corrected chi connectivity index (χ1v) is 10.6. The van der Waals surface area contributed by atoms with E-state index in [9.17, 15) is 9.59 Å². The molecule has 0 spiro atoms. The lowest BCUT2D eigenvalue weighted by atomic mass is 10.1. The molecule has 3 rings (SSSR count). The molecule has 0 aromatic heterocycles. The summed E-state index contributed by atoms with van der Waals surface area (Å²) < 4.78 is 0. The molecule has 2 amide bonds. The second-order valence-corrected chi connectivity index (χ2v) is 8.41. The Morgan fingerprint density at radius 1 is 0.848 bits per heavy atom. The Morgan fingerprint density at radius 3 is 1.85 bits per heavy atom. The van der Waals surface area contributed by atoms with Gasteiger partial charge in [0, 0.05) is 16.1 Å². The highest BCUT2D eigenvalue weighted by atomic mass is 35.5. The molecule has 3 aromatic rings. The molecule has 0 radical (unpaired) electrons. The van der Waals surface area contributed by atoms with Crippen molar-refractivity contribution in [3.05, 3.63) is 101 Å². The zero-order valence-corrected chi connectivity index (χ0v) is 19.9. The molecule has 3 N–H and O–H groups in total. The predicted octanol–water partition coefficient (Wildman–Crippen LogP) is 4.85. The van der Waals surface area contributed by atoms with Crippen molar-refractivity contribution >= 4 is 29.1 Å². The van der Waals surface area contributed by atoms with E-state index < -0.39 is 5.54 Å². The summed E-state index contributed by atoms with van der Waals surface area (Å²) >= 11 is 5.83. The largest absolute Gasteiger partial charge is 0.272 e. The van der Waals surface area contributed by atoms with E-state index in [1.165, 1.54) is 17.3 Å². The van der Waals surface area contributed by atoms with Crippen LogP contribution in [0.2, 0.25) is 5.02 Å². The first-order valence-electron chi connectivity index (χ1n) is 10.2. The molecule has 0 unspecified atom stereocenters. The van der Waals surface area contributed by atoms with E-state index in [1.54, 1.807) is 48.5 Å². The first-order chi connectivity index (χ1) is 15.6. The molecule has 33 heavy (non-hydrogen) atoms. The normalized spacial score (nSPS) is 10.5. The number of hydrogen-bond acceptors (Lipinski definition) is 5. The molecular formula is C25H29ClN4O3. The van der Waals surface area contributed by atoms with Crippen molar-refractivity contribution in [3.63, 3.8) is 0 Å². The van der Waals surface area contributed by atoms with E-state index in [2.05, 4.69) is 5.43 Å². The van der Waals surface area contributed by atoms with Crippen LogP contribution in [-0.2, 0) is 4.84 Å². The number of halogens is 1. The molecule has 0 fully saturated rings. The average Bonchev–Trinajstić information content (AvgIpc) is 2.82. The van der Waals surface area contributed by atoms with Crippen LogP contribution in [0.5, 0.6) is 0 Å². The standard InChI is InChI=1S/C18H19ClN2O2.C7H10N2O/c1-18(2,3)21(17(23)14-7-5-4-6-8-14)20-16(22)13-9-11-15(19)12-10-13;1-10-9(8)7-5-3-2-4-6-7/h4-12H,1-3H3,(H,20,22);2-6H,8H2,1H3. The van der Waals surface area contributed by atoms with Crippen molar-refractivity contribution in [3.8, 4) is 0 Å². The number of nitrogens with one attached hydrogen (secondary N) is 1. The fourth-order valence-corrected chi connectivity index (χ4v) is 2.81. The van der Waals surface area contributed by atoms with Crippen molar-refractivity contribution in [2.75, 3.05) is 12.3 Å². The lowest BCUT2D eigenvalue weighted by Crippen LogP contribution is -2.55. The van der Waals surface area contributed by atoms with Gasteiger partial charge in [0.1, 0.15) is 0 Å². The zero-order valence-electron chi connectivity index (χ0n) is 19.2. The molecule has 0 aliphatic heterocycles. The summed E-state index contributed by atoms with van der Waals surface area (Å²) in [6.45, 7) is 5.57. The molecule has 174 valence electrons. The van der Waals surface area contributed by atoms with Gasteiger partial charge in [-0.1, -0.05) is 48.0 Å². The predicted molar refractivity (Wildman–Crippen MR) is 131 cm³/mol. The van der Waals surface area contributed by atoms with E-state index in [4.69, 9.17) is 22.3 Å². The van der Waals surface area contributed by atoms with Gasteiger partial charge in [-0.05, 0) is 69.3 Å². The number of carbonyl (C=O) groups excluding carboxylic acids is 2. The third-order valence-electron chi connectivity index (χ3n) is 4.42. The molecule has 0 saturated heterocycles. The van der Waals surface area contributed by atoms with Gasteiger partial charge in [-0.3, -0.25) is 19.9 Å². The van der Waals surface area contributed by atoms with Gasteiger partial charge in [0.05, 0.1) is 18.3 Å². The topological polar surface area (TPSA) is 87.9 Å². The highest BCUT2D eigenvalue weighted by molar-refractivity contribution is 6.30. The molecule has 0 atom stereocenters. The van der Waals surface area contributed by atoms with Crippen LogP contribution in [0.15, 0.2) is 84.9 Å². The van der Waals surface area contributed by atoms with E-state index in [0.29, 0.717) is 16.1 Å². The van der Waals surface area contributed by atoms with Crippen LogP contribution in [-0.4, -0.2) is 29.5 Å². The SMILES string of the molecule is CC(C)(C)N(NC(=O)c1ccc(Cl)cc1)C(=O)c1ccccc1.CON(N)c1ccccc1. The highest BCUT2D eigenvalue weighted by Crippen LogP contribution is 2.16. The van der Waals surface area contributed by atoms with E-state index in [0.717, 1.165) is 5.69 Å². The third kappa shape index (κ3) is 7.91. The van der Waals surface area contributed by atoms with Crippen LogP contribution in [0, 0.1) is 0 Å². The van der Waals surface area contributed by atoms with E-state index >= 15 is 0 Å². The van der Waals surface area contributed by atoms with Crippen LogP contribution < -0.4 is 16.4 Å². The number of nitrogens with two attached hydrogens (primary N) is 1. The summed E-state index contributed by atoms with van der Waals surface area (Å²) in [7, 11) is 1.52. The minimum atomic E-state index is -0.574. The quantitative estimate of drug-likeness (QED) is 0.422. The molecule has 7 nitrogen and oxygen atoms in total. The Balaban J connectivity index is 0.000000321. The van der Waals surface area contributed by atoms with Gasteiger partial charge in [-0.2, -0.15) is 5.17 Å². The van der Waals surface area contributed by atoms with Crippen molar-refractivity contribution < 1.29 is 14.4 Å². The molecule has 3 aromatic carbocycles. The Morgan fingerprint density at radius 2 is 1.36 bits per heavy atom. The van der Waals surface area contributed by atoms with Crippen molar-refractivity contribution in [1.29, 1.82) is 0 Å². The number of hydrazine groups is 2. The molecule has 0 aliphatic rings. The lowest BCUT2D eigenvalue weighted by Gasteiger charge is -2.35. The summed E-state index contributed by atoms with van der Waals surface area (Å²) in [6, 6.07) is 24.8. The Labute approximate surface area is 199 Å². The van der Waals surface area contributed by atoms with Crippen LogP contribution in [0.25, 0.3) is 0 Å². The fraction of sp³-hybridized carbons (Fsp3) is 0.200. The Hall–Kier alpha value is -3.39. The van der Waals surface area contributed by atoms with Crippen LogP contribution in [0.3, 0.4) is 0 Å². The highest BCUT2D eigenvalue weighted by Gasteiger charge is 2.29. The van der Waals surface area contributed by atoms with Gasteiger partial charge >= 0.3 is 0 Å². The number of amides is 2. The van der Waals surface area contributed by atoms with Gasteiger partial charge in [-0.15, -0.1) is 0 Å².